The number of aryl methyl sites for hydroxylation is 1. The molecule has 1 heterocycles. The van der Waals surface area contributed by atoms with Gasteiger partial charge in [-0.3, -0.25) is 4.79 Å². The normalized spacial score (nSPS) is 21.5. The quantitative estimate of drug-likeness (QED) is 0.740. The maximum atomic E-state index is 13.1. The number of aromatic amines is 1. The minimum atomic E-state index is -0.280. The fraction of sp³-hybridized carbons (Fsp3) is 0.529. The average molecular weight is 319 g/mol. The van der Waals surface area contributed by atoms with Crippen LogP contribution in [0.4, 0.5) is 4.39 Å². The van der Waals surface area contributed by atoms with E-state index in [1.54, 1.807) is 6.07 Å². The number of carbonyl (C=O) groups excluding carboxylic acids is 1. The zero-order valence-corrected chi connectivity index (χ0v) is 13.0. The number of nitrogens with zero attached hydrogens (tertiary/aromatic N) is 1. The molecule has 0 atom stereocenters. The predicted octanol–water partition coefficient (Wildman–Crippen LogP) is 2.30. The van der Waals surface area contributed by atoms with E-state index in [2.05, 4.69) is 15.3 Å². The first-order valence-electron chi connectivity index (χ1n) is 8.22. The van der Waals surface area contributed by atoms with Crippen molar-refractivity contribution in [3.8, 4) is 0 Å². The predicted molar refractivity (Wildman–Crippen MR) is 85.3 cm³/mol. The Hall–Kier alpha value is -1.95. The zero-order valence-electron chi connectivity index (χ0n) is 13.0. The first-order valence-corrected chi connectivity index (χ1v) is 8.22. The van der Waals surface area contributed by atoms with Crippen molar-refractivity contribution in [2.24, 2.45) is 5.92 Å². The van der Waals surface area contributed by atoms with E-state index < -0.39 is 0 Å². The van der Waals surface area contributed by atoms with Crippen LogP contribution in [-0.4, -0.2) is 33.6 Å². The van der Waals surface area contributed by atoms with Crippen LogP contribution in [-0.2, 0) is 11.2 Å². The van der Waals surface area contributed by atoms with Gasteiger partial charge in [0.15, 0.2) is 0 Å². The number of carbonyl (C=O) groups is 1. The number of rotatable bonds is 5. The van der Waals surface area contributed by atoms with Gasteiger partial charge in [0, 0.05) is 18.9 Å². The Morgan fingerprint density at radius 1 is 1.35 bits per heavy atom. The monoisotopic (exact) mass is 319 g/mol. The number of hydrogen-bond donors (Lipinski definition) is 3. The van der Waals surface area contributed by atoms with Gasteiger partial charge in [0.25, 0.3) is 0 Å². The van der Waals surface area contributed by atoms with Crippen LogP contribution in [0.15, 0.2) is 18.2 Å². The first-order chi connectivity index (χ1) is 11.1. The largest absolute Gasteiger partial charge is 0.393 e. The van der Waals surface area contributed by atoms with E-state index in [1.165, 1.54) is 12.1 Å². The molecule has 0 aliphatic heterocycles. The Morgan fingerprint density at radius 3 is 2.91 bits per heavy atom. The van der Waals surface area contributed by atoms with E-state index in [0.29, 0.717) is 31.3 Å². The number of hydrogen-bond acceptors (Lipinski definition) is 3. The van der Waals surface area contributed by atoms with Gasteiger partial charge in [-0.1, -0.05) is 0 Å². The van der Waals surface area contributed by atoms with Crippen molar-refractivity contribution in [2.75, 3.05) is 6.54 Å². The second kappa shape index (κ2) is 7.08. The summed E-state index contributed by atoms with van der Waals surface area (Å²) in [5, 5.41) is 12.4. The number of aromatic nitrogens is 2. The Bertz CT molecular complexity index is 678. The average Bonchev–Trinajstić information content (AvgIpc) is 2.94. The van der Waals surface area contributed by atoms with Crippen molar-refractivity contribution < 1.29 is 14.3 Å². The fourth-order valence-electron chi connectivity index (χ4n) is 3.10. The van der Waals surface area contributed by atoms with E-state index in [0.717, 1.165) is 30.6 Å². The Morgan fingerprint density at radius 2 is 2.13 bits per heavy atom. The van der Waals surface area contributed by atoms with Gasteiger partial charge in [-0.15, -0.1) is 0 Å². The number of imidazole rings is 1. The smallest absolute Gasteiger partial charge is 0.223 e. The van der Waals surface area contributed by atoms with Gasteiger partial charge in [-0.2, -0.15) is 0 Å². The summed E-state index contributed by atoms with van der Waals surface area (Å²) in [6, 6.07) is 4.49. The third-order valence-corrected chi connectivity index (χ3v) is 4.45. The van der Waals surface area contributed by atoms with Gasteiger partial charge in [0.05, 0.1) is 17.1 Å². The molecule has 6 heteroatoms. The Labute approximate surface area is 134 Å². The van der Waals surface area contributed by atoms with Crippen LogP contribution in [0.5, 0.6) is 0 Å². The molecule has 2 aromatic rings. The molecule has 5 nitrogen and oxygen atoms in total. The second-order valence-electron chi connectivity index (χ2n) is 6.24. The van der Waals surface area contributed by atoms with Crippen LogP contribution in [0.1, 0.15) is 37.9 Å². The third kappa shape index (κ3) is 4.07. The highest BCUT2D eigenvalue weighted by atomic mass is 19.1. The summed E-state index contributed by atoms with van der Waals surface area (Å²) < 4.78 is 13.1. The molecule has 1 aliphatic carbocycles. The SMILES string of the molecule is O=C(NCCCc1nc2ccc(F)cc2[nH]1)C1CCC(O)CC1. The topological polar surface area (TPSA) is 78.0 Å². The van der Waals surface area contributed by atoms with Crippen molar-refractivity contribution in [1.82, 2.24) is 15.3 Å². The first kappa shape index (κ1) is 15.9. The van der Waals surface area contributed by atoms with Crippen LogP contribution < -0.4 is 5.32 Å². The van der Waals surface area contributed by atoms with Crippen LogP contribution >= 0.6 is 0 Å². The molecule has 3 N–H and O–H groups in total. The summed E-state index contributed by atoms with van der Waals surface area (Å²) in [6.45, 7) is 0.600. The summed E-state index contributed by atoms with van der Waals surface area (Å²) >= 11 is 0. The second-order valence-corrected chi connectivity index (χ2v) is 6.24. The van der Waals surface area contributed by atoms with Gasteiger partial charge >= 0.3 is 0 Å². The lowest BCUT2D eigenvalue weighted by molar-refractivity contribution is -0.126. The molecule has 0 saturated heterocycles. The number of aliphatic hydroxyl groups is 1. The summed E-state index contributed by atoms with van der Waals surface area (Å²) in [6.07, 6.45) is 4.21. The number of H-pyrrole nitrogens is 1. The van der Waals surface area contributed by atoms with E-state index in [-0.39, 0.29) is 23.7 Å². The highest BCUT2D eigenvalue weighted by molar-refractivity contribution is 5.78. The molecule has 3 rings (SSSR count). The lowest BCUT2D eigenvalue weighted by Crippen LogP contribution is -2.34. The van der Waals surface area contributed by atoms with Crippen molar-refractivity contribution in [2.45, 2.75) is 44.6 Å². The lowest BCUT2D eigenvalue weighted by Gasteiger charge is -2.24. The molecule has 1 saturated carbocycles. The molecule has 1 fully saturated rings. The molecule has 0 spiro atoms. The Balaban J connectivity index is 1.43. The minimum Gasteiger partial charge on any atom is -0.393 e. The number of nitrogens with one attached hydrogen (secondary N) is 2. The molecule has 1 aliphatic rings. The van der Waals surface area contributed by atoms with Crippen LogP contribution in [0, 0.1) is 11.7 Å². The molecule has 1 aromatic carbocycles. The number of aliphatic hydroxyl groups excluding tert-OH is 1. The van der Waals surface area contributed by atoms with Gasteiger partial charge in [0.1, 0.15) is 11.6 Å². The van der Waals surface area contributed by atoms with Crippen molar-refractivity contribution in [1.29, 1.82) is 0 Å². The number of halogens is 1. The molecule has 124 valence electrons. The summed E-state index contributed by atoms with van der Waals surface area (Å²) in [7, 11) is 0. The minimum absolute atomic E-state index is 0.0348. The van der Waals surface area contributed by atoms with Gasteiger partial charge in [0.2, 0.25) is 5.91 Å². The van der Waals surface area contributed by atoms with Crippen LogP contribution in [0.3, 0.4) is 0 Å². The highest BCUT2D eigenvalue weighted by Gasteiger charge is 2.24. The molecule has 1 aromatic heterocycles. The number of benzene rings is 1. The van der Waals surface area contributed by atoms with Crippen molar-refractivity contribution >= 4 is 16.9 Å². The van der Waals surface area contributed by atoms with E-state index in [1.807, 2.05) is 0 Å². The number of amides is 1. The summed E-state index contributed by atoms with van der Waals surface area (Å²) in [5.74, 6) is 0.648. The maximum Gasteiger partial charge on any atom is 0.223 e. The van der Waals surface area contributed by atoms with E-state index in [9.17, 15) is 14.3 Å². The van der Waals surface area contributed by atoms with Gasteiger partial charge < -0.3 is 15.4 Å². The zero-order chi connectivity index (χ0) is 16.2. The molecular weight excluding hydrogens is 297 g/mol. The van der Waals surface area contributed by atoms with Crippen LogP contribution in [0.2, 0.25) is 0 Å². The number of fused-ring (bicyclic) bond motifs is 1. The molecule has 23 heavy (non-hydrogen) atoms. The van der Waals surface area contributed by atoms with Crippen LogP contribution in [0.25, 0.3) is 11.0 Å². The summed E-state index contributed by atoms with van der Waals surface area (Å²) in [5.41, 5.74) is 1.45. The molecule has 0 radical (unpaired) electrons. The molecule has 0 unspecified atom stereocenters. The molecule has 0 bridgehead atoms. The lowest BCUT2D eigenvalue weighted by atomic mass is 9.87. The van der Waals surface area contributed by atoms with E-state index >= 15 is 0 Å². The third-order valence-electron chi connectivity index (χ3n) is 4.45. The van der Waals surface area contributed by atoms with E-state index in [4.69, 9.17) is 0 Å². The fourth-order valence-corrected chi connectivity index (χ4v) is 3.10. The van der Waals surface area contributed by atoms with Gasteiger partial charge in [-0.05, 0) is 50.3 Å². The van der Waals surface area contributed by atoms with Crippen molar-refractivity contribution in [3.63, 3.8) is 0 Å². The molecular formula is C17H22FN3O2. The molecule has 1 amide bonds. The highest BCUT2D eigenvalue weighted by Crippen LogP contribution is 2.24. The standard InChI is InChI=1S/C17H22FN3O2/c18-12-5-8-14-15(10-12)21-16(20-14)2-1-9-19-17(23)11-3-6-13(22)7-4-11/h5,8,10-11,13,22H,1-4,6-7,9H2,(H,19,23)(H,20,21). The van der Waals surface area contributed by atoms with Gasteiger partial charge in [-0.25, -0.2) is 9.37 Å². The maximum absolute atomic E-state index is 13.1. The van der Waals surface area contributed by atoms with Crippen molar-refractivity contribution in [3.05, 3.63) is 29.8 Å². The Kier molecular flexibility index (Phi) is 4.91. The summed E-state index contributed by atoms with van der Waals surface area (Å²) in [4.78, 5) is 19.5.